The average Bonchev–Trinajstić information content (AvgIpc) is 2.51. The number of amides is 1. The Labute approximate surface area is 152 Å². The molecule has 132 valence electrons. The molecule has 0 spiro atoms. The first-order chi connectivity index (χ1) is 11.2. The second-order valence-electron chi connectivity index (χ2n) is 6.01. The van der Waals surface area contributed by atoms with Crippen LogP contribution in [0, 0.1) is 0 Å². The molecule has 0 bridgehead atoms. The lowest BCUT2D eigenvalue weighted by atomic mass is 10.2. The van der Waals surface area contributed by atoms with Gasteiger partial charge in [-0.05, 0) is 52.0 Å². The van der Waals surface area contributed by atoms with E-state index in [2.05, 4.69) is 15.9 Å². The third kappa shape index (κ3) is 5.09. The Morgan fingerprint density at radius 2 is 1.58 bits per heavy atom. The van der Waals surface area contributed by atoms with E-state index in [9.17, 15) is 9.59 Å². The number of ketones is 1. The monoisotopic (exact) mass is 396 g/mol. The van der Waals surface area contributed by atoms with Crippen LogP contribution in [-0.4, -0.2) is 42.8 Å². The molecule has 0 aliphatic rings. The normalized spacial score (nSPS) is 11.6. The third-order valence-electron chi connectivity index (χ3n) is 3.53. The smallest absolute Gasteiger partial charge is 0.298 e. The second kappa shape index (κ2) is 8.87. The van der Waals surface area contributed by atoms with E-state index in [-0.39, 0.29) is 17.8 Å². The number of hydrogen-bond donors (Lipinski definition) is 0. The summed E-state index contributed by atoms with van der Waals surface area (Å²) >= 11 is 3.38. The SMILES string of the molecule is CO/C(=C\N(C)c1ccc(Br)cc1)C(=O)C(=O)N(C(C)C)C(C)C. The predicted octanol–water partition coefficient (Wildman–Crippen LogP) is 3.59. The van der Waals surface area contributed by atoms with Crippen LogP contribution >= 0.6 is 15.9 Å². The summed E-state index contributed by atoms with van der Waals surface area (Å²) < 4.78 is 6.14. The molecule has 0 N–H and O–H groups in total. The number of halogens is 1. The summed E-state index contributed by atoms with van der Waals surface area (Å²) in [6.45, 7) is 7.54. The largest absolute Gasteiger partial charge is 0.491 e. The minimum atomic E-state index is -0.649. The lowest BCUT2D eigenvalue weighted by molar-refractivity contribution is -0.146. The van der Waals surface area contributed by atoms with Gasteiger partial charge in [0.2, 0.25) is 0 Å². The van der Waals surface area contributed by atoms with Crippen LogP contribution in [0.1, 0.15) is 27.7 Å². The number of methoxy groups -OCH3 is 1. The fraction of sp³-hybridized carbons (Fsp3) is 0.444. The van der Waals surface area contributed by atoms with Crippen LogP contribution in [0.5, 0.6) is 0 Å². The quantitative estimate of drug-likeness (QED) is 0.401. The number of carbonyl (C=O) groups is 2. The number of hydrogen-bond acceptors (Lipinski definition) is 4. The van der Waals surface area contributed by atoms with Crippen molar-refractivity contribution in [1.29, 1.82) is 0 Å². The summed E-state index contributed by atoms with van der Waals surface area (Å²) in [6, 6.07) is 7.47. The molecule has 0 aliphatic heterocycles. The van der Waals surface area contributed by atoms with Gasteiger partial charge in [-0.1, -0.05) is 15.9 Å². The van der Waals surface area contributed by atoms with Crippen LogP contribution in [0.25, 0.3) is 0 Å². The Kier molecular flexibility index (Phi) is 7.48. The van der Waals surface area contributed by atoms with E-state index >= 15 is 0 Å². The minimum absolute atomic E-state index is 0.0109. The molecule has 6 heteroatoms. The average molecular weight is 397 g/mol. The van der Waals surface area contributed by atoms with Crippen molar-refractivity contribution >= 4 is 33.3 Å². The predicted molar refractivity (Wildman–Crippen MR) is 99.8 cm³/mol. The number of anilines is 1. The van der Waals surface area contributed by atoms with Crippen molar-refractivity contribution in [2.24, 2.45) is 0 Å². The van der Waals surface area contributed by atoms with Gasteiger partial charge in [-0.3, -0.25) is 9.59 Å². The van der Waals surface area contributed by atoms with E-state index in [0.29, 0.717) is 0 Å². The molecular weight excluding hydrogens is 372 g/mol. The molecule has 0 saturated heterocycles. The molecule has 0 radical (unpaired) electrons. The van der Waals surface area contributed by atoms with Gasteiger partial charge in [0.15, 0.2) is 5.76 Å². The topological polar surface area (TPSA) is 49.9 Å². The second-order valence-corrected chi connectivity index (χ2v) is 6.93. The van der Waals surface area contributed by atoms with Gasteiger partial charge in [-0.2, -0.15) is 0 Å². The molecule has 1 aromatic carbocycles. The summed E-state index contributed by atoms with van der Waals surface area (Å²) in [5.74, 6) is -1.20. The Hall–Kier alpha value is -1.82. The zero-order valence-electron chi connectivity index (χ0n) is 15.0. The highest BCUT2D eigenvalue weighted by molar-refractivity contribution is 9.10. The van der Waals surface area contributed by atoms with Crippen molar-refractivity contribution in [1.82, 2.24) is 4.90 Å². The van der Waals surface area contributed by atoms with E-state index in [1.54, 1.807) is 16.8 Å². The molecule has 0 unspecified atom stereocenters. The van der Waals surface area contributed by atoms with Crippen LogP contribution in [0.4, 0.5) is 5.69 Å². The highest BCUT2D eigenvalue weighted by Crippen LogP contribution is 2.19. The zero-order valence-corrected chi connectivity index (χ0v) is 16.6. The first-order valence-electron chi connectivity index (χ1n) is 7.80. The van der Waals surface area contributed by atoms with E-state index in [4.69, 9.17) is 4.74 Å². The molecule has 24 heavy (non-hydrogen) atoms. The molecule has 0 atom stereocenters. The highest BCUT2D eigenvalue weighted by Gasteiger charge is 2.29. The van der Waals surface area contributed by atoms with Crippen LogP contribution in [0.15, 0.2) is 40.7 Å². The molecule has 0 heterocycles. The number of benzene rings is 1. The maximum Gasteiger partial charge on any atom is 0.298 e. The first kappa shape index (κ1) is 20.2. The lowest BCUT2D eigenvalue weighted by Gasteiger charge is -2.30. The third-order valence-corrected chi connectivity index (χ3v) is 4.06. The van der Waals surface area contributed by atoms with Gasteiger partial charge < -0.3 is 14.5 Å². The summed E-state index contributed by atoms with van der Waals surface area (Å²) in [6.07, 6.45) is 1.53. The van der Waals surface area contributed by atoms with Gasteiger partial charge in [-0.15, -0.1) is 0 Å². The minimum Gasteiger partial charge on any atom is -0.491 e. The number of carbonyl (C=O) groups excluding carboxylic acids is 2. The van der Waals surface area contributed by atoms with Gasteiger partial charge in [0.1, 0.15) is 0 Å². The summed E-state index contributed by atoms with van der Waals surface area (Å²) in [4.78, 5) is 28.3. The van der Waals surface area contributed by atoms with Crippen molar-refractivity contribution in [2.45, 2.75) is 39.8 Å². The zero-order chi connectivity index (χ0) is 18.4. The Balaban J connectivity index is 3.04. The van der Waals surface area contributed by atoms with Crippen LogP contribution in [-0.2, 0) is 14.3 Å². The number of rotatable bonds is 7. The first-order valence-corrected chi connectivity index (χ1v) is 8.59. The fourth-order valence-corrected chi connectivity index (χ4v) is 2.68. The van der Waals surface area contributed by atoms with E-state index in [0.717, 1.165) is 10.2 Å². The number of Topliss-reactive ketones (excluding diaryl/α,β-unsaturated/α-hetero) is 1. The molecule has 1 rings (SSSR count). The number of ether oxygens (including phenoxy) is 1. The molecule has 1 amide bonds. The standard InChI is InChI=1S/C18H25BrN2O3/c1-12(2)21(13(3)4)18(23)17(22)16(24-6)11-20(5)15-9-7-14(19)8-10-15/h7-13H,1-6H3/b16-11-. The summed E-state index contributed by atoms with van der Waals surface area (Å²) in [7, 11) is 3.18. The molecule has 0 aromatic heterocycles. The van der Waals surface area contributed by atoms with Crippen molar-refractivity contribution in [3.8, 4) is 0 Å². The van der Waals surface area contributed by atoms with Gasteiger partial charge >= 0.3 is 0 Å². The number of nitrogens with zero attached hydrogens (tertiary/aromatic N) is 2. The maximum absolute atomic E-state index is 12.5. The lowest BCUT2D eigenvalue weighted by Crippen LogP contribution is -2.46. The van der Waals surface area contributed by atoms with Crippen molar-refractivity contribution in [2.75, 3.05) is 19.1 Å². The van der Waals surface area contributed by atoms with Gasteiger partial charge in [-0.25, -0.2) is 0 Å². The Morgan fingerprint density at radius 1 is 1.08 bits per heavy atom. The Morgan fingerprint density at radius 3 is 2.00 bits per heavy atom. The molecule has 1 aromatic rings. The molecule has 5 nitrogen and oxygen atoms in total. The van der Waals surface area contributed by atoms with Crippen LogP contribution in [0.2, 0.25) is 0 Å². The maximum atomic E-state index is 12.5. The molecule has 0 fully saturated rings. The fourth-order valence-electron chi connectivity index (χ4n) is 2.42. The van der Waals surface area contributed by atoms with Gasteiger partial charge in [0.25, 0.3) is 11.7 Å². The molecule has 0 saturated carbocycles. The van der Waals surface area contributed by atoms with E-state index in [1.807, 2.05) is 52.0 Å². The van der Waals surface area contributed by atoms with Crippen molar-refractivity contribution in [3.05, 3.63) is 40.7 Å². The Bertz CT molecular complexity index is 601. The molecular formula is C18H25BrN2O3. The van der Waals surface area contributed by atoms with Crippen LogP contribution < -0.4 is 4.90 Å². The van der Waals surface area contributed by atoms with Crippen molar-refractivity contribution in [3.63, 3.8) is 0 Å². The van der Waals surface area contributed by atoms with Gasteiger partial charge in [0.05, 0.1) is 13.3 Å². The summed E-state index contributed by atoms with van der Waals surface area (Å²) in [5, 5.41) is 0. The van der Waals surface area contributed by atoms with Crippen molar-refractivity contribution < 1.29 is 14.3 Å². The van der Waals surface area contributed by atoms with E-state index < -0.39 is 11.7 Å². The van der Waals surface area contributed by atoms with Crippen LogP contribution in [0.3, 0.4) is 0 Å². The van der Waals surface area contributed by atoms with Gasteiger partial charge in [0, 0.05) is 29.3 Å². The molecule has 0 aliphatic carbocycles. The van der Waals surface area contributed by atoms with E-state index in [1.165, 1.54) is 13.3 Å². The highest BCUT2D eigenvalue weighted by atomic mass is 79.9. The summed E-state index contributed by atoms with van der Waals surface area (Å²) in [5.41, 5.74) is 0.873.